The maximum absolute atomic E-state index is 16.5. The highest BCUT2D eigenvalue weighted by molar-refractivity contribution is 7.98. The Morgan fingerprint density at radius 1 is 0.711 bits per heavy atom. The zero-order chi connectivity index (χ0) is 87.5. The second-order valence-electron chi connectivity index (χ2n) is 31.6. The molecule has 654 valence electrons. The first-order chi connectivity index (χ1) is 57.4. The summed E-state index contributed by atoms with van der Waals surface area (Å²) in [7, 11) is 1.48. The lowest BCUT2D eigenvalue weighted by Crippen LogP contribution is -2.64. The molecule has 8 aliphatic rings. The molecule has 0 saturated carbocycles. The van der Waals surface area contributed by atoms with E-state index in [1.807, 2.05) is 19.9 Å². The second-order valence-corrected chi connectivity index (χ2v) is 33.5. The molecule has 8 aliphatic heterocycles. The van der Waals surface area contributed by atoms with Gasteiger partial charge in [-0.1, -0.05) is 55.2 Å². The van der Waals surface area contributed by atoms with Gasteiger partial charge in [-0.25, -0.2) is 4.79 Å². The number of nitrogens with one attached hydrogen (secondary N) is 5. The Morgan fingerprint density at radius 2 is 1.38 bits per heavy atom. The molecule has 39 heteroatoms. The summed E-state index contributed by atoms with van der Waals surface area (Å²) in [6.07, 6.45) is -27.4. The number of phenolic OH excluding ortho intramolecular Hbond substituents is 3. The van der Waals surface area contributed by atoms with Gasteiger partial charge in [0.05, 0.1) is 64.9 Å². The molecule has 23 atom stereocenters. The van der Waals surface area contributed by atoms with Crippen molar-refractivity contribution in [3.63, 3.8) is 0 Å². The number of ketones is 2. The number of phenols is 3. The second kappa shape index (κ2) is 38.6. The third-order valence-electron chi connectivity index (χ3n) is 22.1. The number of ether oxygens (including phenoxy) is 8. The first-order valence-corrected chi connectivity index (χ1v) is 41.0. The monoisotopic (exact) mass is 1750 g/mol. The molecule has 3 fully saturated rings. The van der Waals surface area contributed by atoms with Crippen LogP contribution in [0, 0.1) is 11.8 Å². The fourth-order valence-corrected chi connectivity index (χ4v) is 17.1. The first kappa shape index (κ1) is 90.9. The van der Waals surface area contributed by atoms with Gasteiger partial charge in [-0.3, -0.25) is 33.6 Å². The molecule has 11 bridgehead atoms. The minimum absolute atomic E-state index is 0.104. The van der Waals surface area contributed by atoms with E-state index in [1.54, 1.807) is 24.1 Å². The minimum atomic E-state index is -2.32. The van der Waals surface area contributed by atoms with E-state index in [-0.39, 0.29) is 52.6 Å². The molecule has 36 nitrogen and oxygen atoms in total. The van der Waals surface area contributed by atoms with Crippen molar-refractivity contribution in [2.24, 2.45) is 23.3 Å². The van der Waals surface area contributed by atoms with E-state index >= 15 is 24.0 Å². The lowest BCUT2D eigenvalue weighted by molar-refractivity contribution is -0.351. The summed E-state index contributed by atoms with van der Waals surface area (Å²) in [5, 5.41) is 151. The number of carboxylic acids is 1. The van der Waals surface area contributed by atoms with Gasteiger partial charge in [0, 0.05) is 54.0 Å². The van der Waals surface area contributed by atoms with E-state index in [9.17, 15) is 75.7 Å². The van der Waals surface area contributed by atoms with Gasteiger partial charge in [0.15, 0.2) is 41.7 Å². The molecule has 0 radical (unpaired) electrons. The molecule has 121 heavy (non-hydrogen) atoms. The lowest BCUT2D eigenvalue weighted by atomic mass is 9.84. The number of aliphatic carboxylic acids is 1. The van der Waals surface area contributed by atoms with Gasteiger partial charge in [-0.05, 0) is 147 Å². The van der Waals surface area contributed by atoms with E-state index in [1.165, 1.54) is 51.2 Å². The highest BCUT2D eigenvalue weighted by atomic mass is 35.5. The van der Waals surface area contributed by atoms with Crippen LogP contribution in [0.15, 0.2) is 102 Å². The van der Waals surface area contributed by atoms with Crippen LogP contribution in [0.1, 0.15) is 143 Å². The van der Waals surface area contributed by atoms with Gasteiger partial charge < -0.3 is 142 Å². The van der Waals surface area contributed by atoms with Gasteiger partial charge in [0.25, 0.3) is 0 Å². The molecule has 14 rings (SSSR count). The molecule has 0 aliphatic carbocycles. The SMILES string of the molecule is CN[C@H](CC(C)C)C(=O)NC1C(=O)C[C@@H](CC(N)=O)C(=O)N[C@H]2C(=O)C[C@H]3C(=O)N[C@H](C(=O)N[C@@H](C(=O)O)c4cc(O)cc(O)c4-c4cc3ccc4O)[C@H](OC3C[C@](C)(N)[C@@H](O)[C@H](C)O3)c3ccc(c(Cl)c3)Oc3cc2cc(c3O[C@@H]2O[C@H](CO)[C@@H](O[C@@H]3O[C@H](CCCCSCc4ccco4)[C@H](O)[C@H](O)[C@H]3O)[C@H](O)[C@H]2O)Oc2ccc(cc2Cl)[C@H]1O. The number of aromatic hydroxyl groups is 3. The number of unbranched alkanes of at least 4 members (excludes halogenated alkanes) is 1. The summed E-state index contributed by atoms with van der Waals surface area (Å²) >= 11 is 16.1. The van der Waals surface area contributed by atoms with Crippen LogP contribution in [0.25, 0.3) is 11.1 Å². The molecular formula is C82H97Cl2N7O29S. The minimum Gasteiger partial charge on any atom is -0.508 e. The zero-order valence-electron chi connectivity index (χ0n) is 65.9. The van der Waals surface area contributed by atoms with Crippen LogP contribution < -0.4 is 52.3 Å². The number of amides is 5. The normalized spacial score (nSPS) is 30.5. The van der Waals surface area contributed by atoms with Gasteiger partial charge in [-0.15, -0.1) is 0 Å². The molecule has 6 aromatic rings. The topological polar surface area (TPSA) is 578 Å². The molecule has 5 aromatic carbocycles. The van der Waals surface area contributed by atoms with Crippen LogP contribution >= 0.6 is 35.0 Å². The summed E-state index contributed by atoms with van der Waals surface area (Å²) in [5.41, 5.74) is 8.50. The van der Waals surface area contributed by atoms with Gasteiger partial charge >= 0.3 is 5.97 Å². The number of carboxylic acid groups (broad SMARTS) is 1. The largest absolute Gasteiger partial charge is 0.508 e. The highest BCUT2D eigenvalue weighted by Crippen LogP contribution is 2.51. The molecule has 3 saturated heterocycles. The number of thioether (sulfide) groups is 1. The van der Waals surface area contributed by atoms with E-state index in [0.717, 1.165) is 54.3 Å². The van der Waals surface area contributed by atoms with E-state index in [2.05, 4.69) is 26.6 Å². The third-order valence-corrected chi connectivity index (χ3v) is 23.8. The number of fused-ring (bicyclic) bond motifs is 15. The number of benzene rings is 5. The van der Waals surface area contributed by atoms with Crippen molar-refractivity contribution >= 4 is 82.0 Å². The Balaban J connectivity index is 1.04. The number of carbonyl (C=O) groups is 8. The molecule has 0 spiro atoms. The van der Waals surface area contributed by atoms with E-state index in [0.29, 0.717) is 24.3 Å². The molecule has 9 heterocycles. The van der Waals surface area contributed by atoms with Crippen LogP contribution in [0.3, 0.4) is 0 Å². The number of nitrogens with two attached hydrogens (primary N) is 2. The van der Waals surface area contributed by atoms with Crippen LogP contribution in [0.2, 0.25) is 10.0 Å². The molecule has 2 unspecified atom stereocenters. The molecule has 5 amide bonds. The highest BCUT2D eigenvalue weighted by Gasteiger charge is 2.53. The number of primary amides is 1. The Kier molecular flexibility index (Phi) is 29.0. The van der Waals surface area contributed by atoms with Gasteiger partial charge in [0.1, 0.15) is 108 Å². The maximum Gasteiger partial charge on any atom is 0.330 e. The number of hydrogen-bond acceptors (Lipinski definition) is 31. The first-order valence-electron chi connectivity index (χ1n) is 39.1. The third kappa shape index (κ3) is 20.5. The average molecular weight is 1750 g/mol. The molecular weight excluding hydrogens is 1650 g/mol. The Morgan fingerprint density at radius 3 is 2.02 bits per heavy atom. The van der Waals surface area contributed by atoms with E-state index in [4.69, 9.17) is 77.0 Å². The van der Waals surface area contributed by atoms with Crippen molar-refractivity contribution in [1.29, 1.82) is 0 Å². The standard InChI is InChI=1S/C82H97Cl2N7O29S/c1-33(2)19-47(87-5)77(108)90-63-50(96)23-39(26-58(85)98)75(106)88-61-38-24-55(114-52-15-12-36(65(63)99)21-45(52)83)72(119-81-70(104)68(102)73(57(31-92)117-81)120-80-69(103)67(101)66(100)54(116-80)10-6-7-18-121-32-41-9-8-17-112-41)56(25-38)115-53-16-13-37(22-46(53)84)71(118-59-30-82(4,86)74(105)34(3)113-59)64-78(109)89-62(79(110)111)44-27-40(93)28-49(95)60(44)43-20-35(11-14-48(43)94)42(29-51(61)97)76(107)91-64/h8-9,11-17,20-22,24-25,27-28,33-34,39,42,47,54,57,59,61-71,73-74,80-81,87,92-95,99-105H,6-7,10,18-19,23,26,29-32,86H2,1-5H3,(H2,85,98)(H,88,106)(H,89,109)(H,90,108)(H,91,107)(H,110,111)/t34-,39-,42+,47+,54+,57+,59?,61+,62+,63?,64-,65+,66-,67-,68+,69+,70+,71+,73+,74-,80-,81-,82-/m0/s1. The number of rotatable bonds is 22. The lowest BCUT2D eigenvalue weighted by Gasteiger charge is -2.46. The van der Waals surface area contributed by atoms with Crippen LogP contribution in [0.5, 0.6) is 46.0 Å². The van der Waals surface area contributed by atoms with Gasteiger partial charge in [-0.2, -0.15) is 11.8 Å². The number of hydrogen-bond donors (Lipinski definition) is 19. The van der Waals surface area contributed by atoms with Crippen molar-refractivity contribution in [3.8, 4) is 57.1 Å². The fraction of sp³-hybridized carbons (Fsp3) is 0.488. The summed E-state index contributed by atoms with van der Waals surface area (Å²) in [4.78, 5) is 121. The van der Waals surface area contributed by atoms with Crippen LogP contribution in [0.4, 0.5) is 0 Å². The number of Topliss-reactive ketones (excluding diaryl/α,β-unsaturated/α-hetero) is 2. The number of likely N-dealkylation sites (N-methyl/N-ethyl adjacent to an activating group) is 1. The number of aliphatic hydroxyl groups is 8. The van der Waals surface area contributed by atoms with Crippen molar-refractivity contribution < 1.29 is 142 Å². The van der Waals surface area contributed by atoms with Gasteiger partial charge in [0.2, 0.25) is 41.6 Å². The zero-order valence-corrected chi connectivity index (χ0v) is 68.2. The predicted molar refractivity (Wildman–Crippen MR) is 426 cm³/mol. The van der Waals surface area contributed by atoms with Crippen molar-refractivity contribution in [2.45, 2.75) is 219 Å². The fourth-order valence-electron chi connectivity index (χ4n) is 15.7. The van der Waals surface area contributed by atoms with Crippen LogP contribution in [-0.4, -0.2) is 231 Å². The number of halogens is 2. The molecule has 1 aromatic heterocycles. The van der Waals surface area contributed by atoms with E-state index < -0.39 is 280 Å². The average Bonchev–Trinajstić information content (AvgIpc) is 1.74. The Hall–Kier alpha value is -9.33. The summed E-state index contributed by atoms with van der Waals surface area (Å²) in [6, 6.07) is 8.08. The number of carbonyl (C=O) groups excluding carboxylic acids is 7. The van der Waals surface area contributed by atoms with Crippen molar-refractivity contribution in [3.05, 3.63) is 141 Å². The maximum atomic E-state index is 16.5. The molecule has 21 N–H and O–H groups in total. The predicted octanol–water partition coefficient (Wildman–Crippen LogP) is 3.61. The smallest absolute Gasteiger partial charge is 0.330 e. The van der Waals surface area contributed by atoms with Crippen molar-refractivity contribution in [1.82, 2.24) is 26.6 Å². The van der Waals surface area contributed by atoms with Crippen molar-refractivity contribution in [2.75, 3.05) is 19.4 Å². The summed E-state index contributed by atoms with van der Waals surface area (Å²) < 4.78 is 56.7. The summed E-state index contributed by atoms with van der Waals surface area (Å²) in [5.74, 6) is -17.2. The summed E-state index contributed by atoms with van der Waals surface area (Å²) in [6.45, 7) is 5.52. The Bertz CT molecular complexity index is 4810. The van der Waals surface area contributed by atoms with Crippen LogP contribution in [-0.2, 0) is 67.8 Å². The quantitative estimate of drug-likeness (QED) is 0.0432. The number of aliphatic hydroxyl groups excluding tert-OH is 8. The number of furan rings is 1. The Labute approximate surface area is 706 Å².